The highest BCUT2D eigenvalue weighted by Gasteiger charge is 2.01. The third-order valence-corrected chi connectivity index (χ3v) is 2.39. The van der Waals surface area contributed by atoms with Crippen LogP contribution in [0.25, 0.3) is 0 Å². The number of aromatic nitrogens is 2. The number of aryl methyl sites for hydroxylation is 2. The first kappa shape index (κ1) is 9.77. The second-order valence-corrected chi connectivity index (χ2v) is 3.83. The molecule has 3 heteroatoms. The number of benzene rings is 1. The van der Waals surface area contributed by atoms with E-state index in [0.717, 1.165) is 17.9 Å². The summed E-state index contributed by atoms with van der Waals surface area (Å²) in [7, 11) is 0. The molecular weight excluding hydrogens is 186 g/mol. The quantitative estimate of drug-likeness (QED) is 0.756. The molecule has 0 radical (unpaired) electrons. The molecule has 3 nitrogen and oxygen atoms in total. The van der Waals surface area contributed by atoms with E-state index in [9.17, 15) is 0 Å². The fourth-order valence-electron chi connectivity index (χ4n) is 1.70. The van der Waals surface area contributed by atoms with Gasteiger partial charge < -0.3 is 5.73 Å². The van der Waals surface area contributed by atoms with Crippen molar-refractivity contribution in [2.24, 2.45) is 0 Å². The molecule has 1 heterocycles. The summed E-state index contributed by atoms with van der Waals surface area (Å²) < 4.78 is 1.99. The van der Waals surface area contributed by atoms with E-state index in [1.807, 2.05) is 29.8 Å². The minimum atomic E-state index is 0.782. The number of anilines is 1. The van der Waals surface area contributed by atoms with Gasteiger partial charge >= 0.3 is 0 Å². The van der Waals surface area contributed by atoms with Gasteiger partial charge in [-0.25, -0.2) is 0 Å². The molecule has 1 aromatic heterocycles. The Kier molecular flexibility index (Phi) is 2.46. The topological polar surface area (TPSA) is 43.8 Å². The van der Waals surface area contributed by atoms with E-state index in [-0.39, 0.29) is 0 Å². The minimum absolute atomic E-state index is 0.782. The van der Waals surface area contributed by atoms with Gasteiger partial charge in [0.15, 0.2) is 0 Å². The molecule has 0 aliphatic heterocycles. The predicted octanol–water partition coefficient (Wildman–Crippen LogP) is 2.13. The SMILES string of the molecule is Cc1cc(C)n(Cc2cccc(N)c2)n1. The maximum Gasteiger partial charge on any atom is 0.0663 e. The number of hydrogen-bond acceptors (Lipinski definition) is 2. The second-order valence-electron chi connectivity index (χ2n) is 3.83. The van der Waals surface area contributed by atoms with Crippen molar-refractivity contribution in [1.29, 1.82) is 0 Å². The lowest BCUT2D eigenvalue weighted by Gasteiger charge is -2.05. The molecule has 0 amide bonds. The molecule has 1 aromatic carbocycles. The number of rotatable bonds is 2. The number of hydrogen-bond donors (Lipinski definition) is 1. The molecule has 0 atom stereocenters. The Morgan fingerprint density at radius 2 is 2.07 bits per heavy atom. The van der Waals surface area contributed by atoms with E-state index in [4.69, 9.17) is 5.73 Å². The van der Waals surface area contributed by atoms with Crippen LogP contribution in [0, 0.1) is 13.8 Å². The Balaban J connectivity index is 2.25. The predicted molar refractivity (Wildman–Crippen MR) is 61.7 cm³/mol. The summed E-state index contributed by atoms with van der Waals surface area (Å²) >= 11 is 0. The molecule has 0 fully saturated rings. The molecule has 2 N–H and O–H groups in total. The van der Waals surface area contributed by atoms with Gasteiger partial charge in [-0.1, -0.05) is 12.1 Å². The summed E-state index contributed by atoms with van der Waals surface area (Å²) in [6, 6.07) is 9.98. The number of nitrogen functional groups attached to an aromatic ring is 1. The van der Waals surface area contributed by atoms with Crippen molar-refractivity contribution in [3.05, 3.63) is 47.3 Å². The van der Waals surface area contributed by atoms with Crippen LogP contribution in [0.1, 0.15) is 17.0 Å². The fourth-order valence-corrected chi connectivity index (χ4v) is 1.70. The van der Waals surface area contributed by atoms with Gasteiger partial charge in [0.05, 0.1) is 12.2 Å². The molecule has 15 heavy (non-hydrogen) atoms. The third kappa shape index (κ3) is 2.18. The van der Waals surface area contributed by atoms with E-state index in [2.05, 4.69) is 24.2 Å². The van der Waals surface area contributed by atoms with Gasteiger partial charge in [-0.15, -0.1) is 0 Å². The van der Waals surface area contributed by atoms with Crippen LogP contribution < -0.4 is 5.73 Å². The van der Waals surface area contributed by atoms with E-state index in [0.29, 0.717) is 0 Å². The third-order valence-electron chi connectivity index (χ3n) is 2.39. The Labute approximate surface area is 89.5 Å². The van der Waals surface area contributed by atoms with E-state index < -0.39 is 0 Å². The zero-order valence-electron chi connectivity index (χ0n) is 9.07. The van der Waals surface area contributed by atoms with Crippen molar-refractivity contribution in [3.8, 4) is 0 Å². The van der Waals surface area contributed by atoms with Crippen LogP contribution in [0.3, 0.4) is 0 Å². The van der Waals surface area contributed by atoms with Crippen LogP contribution in [-0.2, 0) is 6.54 Å². The molecule has 0 saturated carbocycles. The molecule has 78 valence electrons. The monoisotopic (exact) mass is 201 g/mol. The number of nitrogens with two attached hydrogens (primary N) is 1. The first-order valence-corrected chi connectivity index (χ1v) is 5.00. The first-order chi connectivity index (χ1) is 7.15. The maximum atomic E-state index is 5.73. The van der Waals surface area contributed by atoms with Crippen molar-refractivity contribution >= 4 is 5.69 Å². The lowest BCUT2D eigenvalue weighted by atomic mass is 10.2. The highest BCUT2D eigenvalue weighted by molar-refractivity contribution is 5.40. The van der Waals surface area contributed by atoms with Gasteiger partial charge in [0, 0.05) is 11.4 Å². The molecule has 0 bridgehead atoms. The molecule has 2 aromatic rings. The molecule has 0 spiro atoms. The zero-order valence-corrected chi connectivity index (χ0v) is 9.07. The van der Waals surface area contributed by atoms with E-state index in [1.54, 1.807) is 0 Å². The molecule has 0 unspecified atom stereocenters. The Hall–Kier alpha value is -1.77. The van der Waals surface area contributed by atoms with E-state index >= 15 is 0 Å². The normalized spacial score (nSPS) is 10.5. The summed E-state index contributed by atoms with van der Waals surface area (Å²) in [5, 5.41) is 4.41. The molecule has 0 aliphatic rings. The van der Waals surface area contributed by atoms with Crippen LogP contribution in [0.15, 0.2) is 30.3 Å². The molecular formula is C12H15N3. The van der Waals surface area contributed by atoms with Crippen LogP contribution in [0.5, 0.6) is 0 Å². The van der Waals surface area contributed by atoms with Gasteiger partial charge in [0.25, 0.3) is 0 Å². The highest BCUT2D eigenvalue weighted by Crippen LogP contribution is 2.10. The van der Waals surface area contributed by atoms with Crippen LogP contribution in [0.2, 0.25) is 0 Å². The van der Waals surface area contributed by atoms with Gasteiger partial charge in [-0.2, -0.15) is 5.10 Å². The zero-order chi connectivity index (χ0) is 10.8. The second kappa shape index (κ2) is 3.77. The van der Waals surface area contributed by atoms with Gasteiger partial charge in [-0.05, 0) is 37.6 Å². The lowest BCUT2D eigenvalue weighted by molar-refractivity contribution is 0.659. The van der Waals surface area contributed by atoms with Crippen LogP contribution in [0.4, 0.5) is 5.69 Å². The largest absolute Gasteiger partial charge is 0.399 e. The van der Waals surface area contributed by atoms with Crippen molar-refractivity contribution in [2.45, 2.75) is 20.4 Å². The summed E-state index contributed by atoms with van der Waals surface area (Å²) in [6.45, 7) is 4.85. The van der Waals surface area contributed by atoms with Gasteiger partial charge in [-0.3, -0.25) is 4.68 Å². The van der Waals surface area contributed by atoms with Crippen molar-refractivity contribution < 1.29 is 0 Å². The standard InChI is InChI=1S/C12H15N3/c1-9-6-10(2)15(14-9)8-11-4-3-5-12(13)7-11/h3-7H,8,13H2,1-2H3. The maximum absolute atomic E-state index is 5.73. The molecule has 0 saturated heterocycles. The molecule has 0 aliphatic carbocycles. The van der Waals surface area contributed by atoms with Crippen molar-refractivity contribution in [1.82, 2.24) is 9.78 Å². The number of nitrogens with zero attached hydrogens (tertiary/aromatic N) is 2. The highest BCUT2D eigenvalue weighted by atomic mass is 15.3. The summed E-state index contributed by atoms with van der Waals surface area (Å²) in [6.07, 6.45) is 0. The first-order valence-electron chi connectivity index (χ1n) is 5.00. The Morgan fingerprint density at radius 1 is 1.27 bits per heavy atom. The van der Waals surface area contributed by atoms with Gasteiger partial charge in [0.1, 0.15) is 0 Å². The summed E-state index contributed by atoms with van der Waals surface area (Å²) in [5.74, 6) is 0. The molecule has 2 rings (SSSR count). The summed E-state index contributed by atoms with van der Waals surface area (Å²) in [5.41, 5.74) is 9.94. The van der Waals surface area contributed by atoms with Crippen LogP contribution >= 0.6 is 0 Å². The average Bonchev–Trinajstić information content (AvgIpc) is 2.45. The lowest BCUT2D eigenvalue weighted by Crippen LogP contribution is -2.04. The van der Waals surface area contributed by atoms with Gasteiger partial charge in [0.2, 0.25) is 0 Å². The fraction of sp³-hybridized carbons (Fsp3) is 0.250. The minimum Gasteiger partial charge on any atom is -0.399 e. The van der Waals surface area contributed by atoms with Crippen molar-refractivity contribution in [2.75, 3.05) is 5.73 Å². The summed E-state index contributed by atoms with van der Waals surface area (Å²) in [4.78, 5) is 0. The average molecular weight is 201 g/mol. The van der Waals surface area contributed by atoms with Crippen molar-refractivity contribution in [3.63, 3.8) is 0 Å². The van der Waals surface area contributed by atoms with E-state index in [1.165, 1.54) is 11.3 Å². The Bertz CT molecular complexity index is 471. The smallest absolute Gasteiger partial charge is 0.0663 e. The Morgan fingerprint density at radius 3 is 2.67 bits per heavy atom. The van der Waals surface area contributed by atoms with Crippen LogP contribution in [-0.4, -0.2) is 9.78 Å².